The normalized spacial score (nSPS) is 16.1. The first kappa shape index (κ1) is 24.1. The molecule has 2 aromatic heterocycles. The van der Waals surface area contributed by atoms with E-state index in [1.54, 1.807) is 24.4 Å². The summed E-state index contributed by atoms with van der Waals surface area (Å²) in [6.45, 7) is 1.94. The van der Waals surface area contributed by atoms with Crippen LogP contribution in [0.25, 0.3) is 22.3 Å². The summed E-state index contributed by atoms with van der Waals surface area (Å²) in [7, 11) is -3.25. The van der Waals surface area contributed by atoms with Crippen molar-refractivity contribution in [3.8, 4) is 33.9 Å². The maximum Gasteiger partial charge on any atom is 0.421 e. The van der Waals surface area contributed by atoms with Crippen LogP contribution < -0.4 is 20.8 Å². The van der Waals surface area contributed by atoms with Crippen LogP contribution in [0.4, 0.5) is 13.2 Å². The van der Waals surface area contributed by atoms with Crippen LogP contribution in [0.15, 0.2) is 103 Å². The number of aromatic nitrogens is 2. The third-order valence-corrected chi connectivity index (χ3v) is 9.56. The summed E-state index contributed by atoms with van der Waals surface area (Å²) in [5, 5.41) is 1.43. The van der Waals surface area contributed by atoms with Gasteiger partial charge in [0.1, 0.15) is 16.7 Å². The fraction of sp³-hybridized carbons (Fsp3) is 0.0667. The summed E-state index contributed by atoms with van der Waals surface area (Å²) in [5.41, 5.74) is 3.78. The number of hydrogen-bond donors (Lipinski definition) is 0. The molecule has 0 aliphatic carbocycles. The molecule has 0 bridgehead atoms. The summed E-state index contributed by atoms with van der Waals surface area (Å²) in [4.78, 5) is 8.29. The quantitative estimate of drug-likeness (QED) is 0.234. The average Bonchev–Trinajstić information content (AvgIpc) is 3.17. The Morgan fingerprint density at radius 2 is 1.53 bits per heavy atom. The Morgan fingerprint density at radius 1 is 0.737 bits per heavy atom. The molecule has 1 atom stereocenters. The van der Waals surface area contributed by atoms with Gasteiger partial charge in [0.15, 0.2) is 7.14 Å². The van der Waals surface area contributed by atoms with E-state index in [4.69, 9.17) is 4.74 Å². The van der Waals surface area contributed by atoms with Crippen LogP contribution in [-0.2, 0) is 10.7 Å². The molecule has 0 radical (unpaired) electrons. The van der Waals surface area contributed by atoms with Crippen LogP contribution in [0.1, 0.15) is 11.1 Å². The average molecular weight is 528 g/mol. The minimum atomic E-state index is -4.60. The zero-order chi connectivity index (χ0) is 26.5. The van der Waals surface area contributed by atoms with Gasteiger partial charge in [-0.05, 0) is 77.2 Å². The van der Waals surface area contributed by atoms with Gasteiger partial charge >= 0.3 is 6.18 Å². The second-order valence-corrected chi connectivity index (χ2v) is 11.7. The highest BCUT2D eigenvalue weighted by Crippen LogP contribution is 2.52. The largest absolute Gasteiger partial charge is 0.438 e. The lowest BCUT2D eigenvalue weighted by molar-refractivity contribution is -0.138. The van der Waals surface area contributed by atoms with Crippen LogP contribution in [0.3, 0.4) is 0 Å². The van der Waals surface area contributed by atoms with Gasteiger partial charge < -0.3 is 9.30 Å². The third kappa shape index (κ3) is 4.00. The van der Waals surface area contributed by atoms with E-state index in [1.165, 1.54) is 12.3 Å². The van der Waals surface area contributed by atoms with E-state index < -0.39 is 24.8 Å². The number of benzene rings is 3. The molecule has 1 aliphatic rings. The van der Waals surface area contributed by atoms with Gasteiger partial charge in [0, 0.05) is 23.0 Å². The second kappa shape index (κ2) is 8.96. The molecule has 5 aromatic rings. The van der Waals surface area contributed by atoms with Crippen molar-refractivity contribution in [1.82, 2.24) is 9.97 Å². The Morgan fingerprint density at radius 3 is 2.34 bits per heavy atom. The Balaban J connectivity index is 1.44. The lowest BCUT2D eigenvalue weighted by Gasteiger charge is -2.16. The first-order valence-electron chi connectivity index (χ1n) is 11.8. The number of fused-ring (bicyclic) bond motifs is 3. The van der Waals surface area contributed by atoms with Gasteiger partial charge in [0.2, 0.25) is 5.88 Å². The summed E-state index contributed by atoms with van der Waals surface area (Å²) in [5.74, 6) is -0.310. The van der Waals surface area contributed by atoms with Gasteiger partial charge in [-0.3, -0.25) is 4.98 Å². The molecule has 1 aliphatic heterocycles. The van der Waals surface area contributed by atoms with Crippen molar-refractivity contribution in [3.63, 3.8) is 0 Å². The smallest absolute Gasteiger partial charge is 0.421 e. The molecule has 188 valence electrons. The van der Waals surface area contributed by atoms with Crippen molar-refractivity contribution < 1.29 is 22.5 Å². The molecule has 0 spiro atoms. The molecule has 0 saturated heterocycles. The highest BCUT2D eigenvalue weighted by molar-refractivity contribution is 7.86. The van der Waals surface area contributed by atoms with E-state index in [1.807, 2.05) is 67.6 Å². The van der Waals surface area contributed by atoms with Crippen LogP contribution in [0, 0.1) is 6.92 Å². The van der Waals surface area contributed by atoms with Gasteiger partial charge in [-0.2, -0.15) is 13.2 Å². The van der Waals surface area contributed by atoms with Gasteiger partial charge in [-0.1, -0.05) is 48.5 Å². The van der Waals surface area contributed by atoms with E-state index in [9.17, 15) is 17.7 Å². The Labute approximate surface area is 217 Å². The molecule has 0 saturated carbocycles. The molecule has 0 fully saturated rings. The van der Waals surface area contributed by atoms with Gasteiger partial charge in [0.25, 0.3) is 0 Å². The molecular formula is C30H20F3N2O2P. The summed E-state index contributed by atoms with van der Waals surface area (Å²) in [6.07, 6.45) is -1.67. The predicted molar refractivity (Wildman–Crippen MR) is 142 cm³/mol. The van der Waals surface area contributed by atoms with Crippen molar-refractivity contribution in [2.75, 3.05) is 0 Å². The van der Waals surface area contributed by atoms with E-state index in [0.29, 0.717) is 16.3 Å². The molecule has 3 aromatic carbocycles. The standard InChI is InChI=1S/C30H20F3N2O2P/c1-19-13-15-34-28(16-19)38(36)26-10-3-2-8-23(26)24-12-11-21(18-27(24)38)20-6-4-7-22(17-20)37-29-25(30(31,32)33)9-5-14-35-29/h2-18H,1H3. The fourth-order valence-electron chi connectivity index (χ4n) is 4.78. The minimum absolute atomic E-state index is 0.207. The van der Waals surface area contributed by atoms with Crippen molar-refractivity contribution in [2.24, 2.45) is 0 Å². The molecule has 3 heterocycles. The summed E-state index contributed by atoms with van der Waals surface area (Å²) in [6, 6.07) is 26.0. The van der Waals surface area contributed by atoms with Crippen molar-refractivity contribution in [3.05, 3.63) is 115 Å². The zero-order valence-corrected chi connectivity index (χ0v) is 21.0. The molecule has 8 heteroatoms. The maximum atomic E-state index is 14.8. The number of ether oxygens (including phenoxy) is 1. The highest BCUT2D eigenvalue weighted by Gasteiger charge is 2.41. The Bertz CT molecular complexity index is 1750. The molecule has 0 N–H and O–H groups in total. The van der Waals surface area contributed by atoms with Crippen LogP contribution in [-0.4, -0.2) is 9.97 Å². The number of nitrogens with zero attached hydrogens (tertiary/aromatic N) is 2. The number of alkyl halides is 3. The van der Waals surface area contributed by atoms with E-state index >= 15 is 0 Å². The number of pyridine rings is 2. The zero-order valence-electron chi connectivity index (χ0n) is 20.1. The van der Waals surface area contributed by atoms with E-state index in [-0.39, 0.29) is 5.75 Å². The van der Waals surface area contributed by atoms with E-state index in [0.717, 1.165) is 33.6 Å². The van der Waals surface area contributed by atoms with Crippen molar-refractivity contribution >= 4 is 23.2 Å². The fourth-order valence-corrected chi connectivity index (χ4v) is 7.84. The molecule has 6 rings (SSSR count). The topological polar surface area (TPSA) is 52.1 Å². The Hall–Kier alpha value is -4.22. The lowest BCUT2D eigenvalue weighted by Crippen LogP contribution is -2.23. The predicted octanol–water partition coefficient (Wildman–Crippen LogP) is 6.88. The maximum absolute atomic E-state index is 14.8. The summed E-state index contributed by atoms with van der Waals surface area (Å²) < 4.78 is 60.7. The number of aryl methyl sites for hydroxylation is 1. The second-order valence-electron chi connectivity index (χ2n) is 9.03. The van der Waals surface area contributed by atoms with Crippen molar-refractivity contribution in [1.29, 1.82) is 0 Å². The van der Waals surface area contributed by atoms with Gasteiger partial charge in [-0.25, -0.2) is 4.98 Å². The first-order valence-corrected chi connectivity index (χ1v) is 13.5. The number of halogens is 3. The van der Waals surface area contributed by atoms with Crippen molar-refractivity contribution in [2.45, 2.75) is 13.1 Å². The first-order chi connectivity index (χ1) is 18.2. The third-order valence-electron chi connectivity index (χ3n) is 6.55. The monoisotopic (exact) mass is 528 g/mol. The molecular weight excluding hydrogens is 508 g/mol. The molecule has 38 heavy (non-hydrogen) atoms. The SMILES string of the molecule is Cc1ccnc(P2(=O)c3ccccc3-c3ccc(-c4cccc(Oc5ncccc5C(F)(F)F)c4)cc32)c1. The molecule has 1 unspecified atom stereocenters. The summed E-state index contributed by atoms with van der Waals surface area (Å²) >= 11 is 0. The van der Waals surface area contributed by atoms with Gasteiger partial charge in [0.05, 0.1) is 0 Å². The minimum Gasteiger partial charge on any atom is -0.438 e. The highest BCUT2D eigenvalue weighted by atomic mass is 31.2. The number of hydrogen-bond acceptors (Lipinski definition) is 4. The lowest BCUT2D eigenvalue weighted by atomic mass is 10.0. The number of rotatable bonds is 4. The molecule has 0 amide bonds. The van der Waals surface area contributed by atoms with Crippen LogP contribution >= 0.6 is 7.14 Å². The van der Waals surface area contributed by atoms with E-state index in [2.05, 4.69) is 9.97 Å². The molecule has 4 nitrogen and oxygen atoms in total. The van der Waals surface area contributed by atoms with Gasteiger partial charge in [-0.15, -0.1) is 0 Å². The van der Waals surface area contributed by atoms with Crippen LogP contribution in [0.2, 0.25) is 0 Å². The Kier molecular flexibility index (Phi) is 5.69. The van der Waals surface area contributed by atoms with Crippen LogP contribution in [0.5, 0.6) is 11.6 Å².